The lowest BCUT2D eigenvalue weighted by Gasteiger charge is -2.21. The van der Waals surface area contributed by atoms with Crippen LogP contribution in [0.25, 0.3) is 0 Å². The number of fused-ring (bicyclic) bond motifs is 1. The van der Waals surface area contributed by atoms with E-state index in [0.29, 0.717) is 10.7 Å². The third-order valence-corrected chi connectivity index (χ3v) is 5.71. The molecule has 8 nitrogen and oxygen atoms in total. The fourth-order valence-corrected chi connectivity index (χ4v) is 4.05. The number of ether oxygens (including phenoxy) is 2. The maximum Gasteiger partial charge on any atom is 0.337 e. The van der Waals surface area contributed by atoms with Crippen molar-refractivity contribution in [2.45, 2.75) is 12.5 Å². The molecule has 1 heterocycles. The Hall–Kier alpha value is -2.78. The maximum atomic E-state index is 12.8. The number of carbonyl (C=O) groups is 2. The summed E-state index contributed by atoms with van der Waals surface area (Å²) in [6.07, 6.45) is 0.265. The monoisotopic (exact) mass is 438 g/mol. The molecule has 0 aliphatic carbocycles. The first kappa shape index (κ1) is 20.9. The van der Waals surface area contributed by atoms with Crippen LogP contribution in [0, 0.1) is 0 Å². The first-order valence-electron chi connectivity index (χ1n) is 8.62. The van der Waals surface area contributed by atoms with Crippen molar-refractivity contribution in [2.75, 3.05) is 29.5 Å². The molecule has 0 unspecified atom stereocenters. The molecule has 3 rings (SSSR count). The molecule has 1 aliphatic heterocycles. The molecule has 0 saturated heterocycles. The summed E-state index contributed by atoms with van der Waals surface area (Å²) < 4.78 is 36.0. The van der Waals surface area contributed by atoms with Crippen molar-refractivity contribution in [1.29, 1.82) is 0 Å². The number of amides is 1. The molecule has 0 spiro atoms. The highest BCUT2D eigenvalue weighted by molar-refractivity contribution is 7.92. The van der Waals surface area contributed by atoms with E-state index in [9.17, 15) is 18.0 Å². The second-order valence-electron chi connectivity index (χ2n) is 6.40. The van der Waals surface area contributed by atoms with Crippen LogP contribution in [-0.2, 0) is 19.6 Å². The first-order valence-corrected chi connectivity index (χ1v) is 10.8. The van der Waals surface area contributed by atoms with Gasteiger partial charge >= 0.3 is 5.97 Å². The van der Waals surface area contributed by atoms with Crippen LogP contribution in [0.3, 0.4) is 0 Å². The summed E-state index contributed by atoms with van der Waals surface area (Å²) in [5.74, 6) is -0.759. The predicted octanol–water partition coefficient (Wildman–Crippen LogP) is 2.68. The Bertz CT molecular complexity index is 1060. The number of methoxy groups -OCH3 is 1. The molecule has 0 radical (unpaired) electrons. The Kier molecular flexibility index (Phi) is 5.99. The van der Waals surface area contributed by atoms with Gasteiger partial charge in [0.05, 0.1) is 24.6 Å². The zero-order valence-corrected chi connectivity index (χ0v) is 17.3. The van der Waals surface area contributed by atoms with Crippen molar-refractivity contribution in [3.8, 4) is 5.75 Å². The topological polar surface area (TPSA) is 102 Å². The number of halogens is 1. The molecule has 2 aromatic carbocycles. The zero-order chi connectivity index (χ0) is 21.2. The van der Waals surface area contributed by atoms with Crippen molar-refractivity contribution in [3.63, 3.8) is 0 Å². The Morgan fingerprint density at radius 2 is 2.00 bits per heavy atom. The summed E-state index contributed by atoms with van der Waals surface area (Å²) in [6.45, 7) is 0.0481. The van der Waals surface area contributed by atoms with Crippen molar-refractivity contribution in [2.24, 2.45) is 0 Å². The van der Waals surface area contributed by atoms with E-state index in [1.54, 1.807) is 24.3 Å². The van der Waals surface area contributed by atoms with E-state index in [4.69, 9.17) is 16.3 Å². The molecule has 29 heavy (non-hydrogen) atoms. The predicted molar refractivity (Wildman–Crippen MR) is 109 cm³/mol. The van der Waals surface area contributed by atoms with E-state index in [-0.39, 0.29) is 30.0 Å². The number of sulfonamides is 1. The average molecular weight is 439 g/mol. The minimum absolute atomic E-state index is 0.0481. The fourth-order valence-electron chi connectivity index (χ4n) is 2.95. The number of nitrogens with zero attached hydrogens (tertiary/aromatic N) is 1. The highest BCUT2D eigenvalue weighted by atomic mass is 35.5. The van der Waals surface area contributed by atoms with Gasteiger partial charge in [-0.2, -0.15) is 0 Å². The fraction of sp³-hybridized carbons (Fsp3) is 0.263. The van der Waals surface area contributed by atoms with E-state index in [1.807, 2.05) is 0 Å². The van der Waals surface area contributed by atoms with Gasteiger partial charge in [0.15, 0.2) is 6.10 Å². The quantitative estimate of drug-likeness (QED) is 0.736. The van der Waals surface area contributed by atoms with Crippen LogP contribution in [0.15, 0.2) is 42.5 Å². The molecule has 10 heteroatoms. The Labute approximate surface area is 173 Å². The largest absolute Gasteiger partial charge is 0.478 e. The van der Waals surface area contributed by atoms with Crippen LogP contribution in [0.2, 0.25) is 5.02 Å². The third kappa shape index (κ3) is 4.80. The van der Waals surface area contributed by atoms with Gasteiger partial charge in [-0.3, -0.25) is 9.10 Å². The molecule has 1 atom stereocenters. The number of rotatable bonds is 4. The van der Waals surface area contributed by atoms with Crippen molar-refractivity contribution < 1.29 is 27.5 Å². The normalized spacial score (nSPS) is 16.2. The smallest absolute Gasteiger partial charge is 0.337 e. The summed E-state index contributed by atoms with van der Waals surface area (Å²) in [5, 5.41) is 3.04. The SMILES string of the molecule is COC(=O)c1cccc(NC(=O)[C@H]2CCN(S(C)(=O)=O)c3cc(Cl)ccc3O2)c1. The second kappa shape index (κ2) is 8.30. The van der Waals surface area contributed by atoms with Crippen LogP contribution in [0.4, 0.5) is 11.4 Å². The van der Waals surface area contributed by atoms with Crippen molar-refractivity contribution >= 4 is 44.9 Å². The van der Waals surface area contributed by atoms with Crippen LogP contribution < -0.4 is 14.4 Å². The van der Waals surface area contributed by atoms with E-state index in [2.05, 4.69) is 10.1 Å². The molecular weight excluding hydrogens is 420 g/mol. The summed E-state index contributed by atoms with van der Waals surface area (Å²) in [5.41, 5.74) is 0.959. The summed E-state index contributed by atoms with van der Waals surface area (Å²) >= 11 is 6.01. The van der Waals surface area contributed by atoms with Crippen LogP contribution in [-0.4, -0.2) is 46.3 Å². The molecule has 0 saturated carbocycles. The average Bonchev–Trinajstić information content (AvgIpc) is 2.86. The lowest BCUT2D eigenvalue weighted by Crippen LogP contribution is -2.36. The van der Waals surface area contributed by atoms with Gasteiger partial charge in [-0.25, -0.2) is 13.2 Å². The highest BCUT2D eigenvalue weighted by Crippen LogP contribution is 2.36. The number of anilines is 2. The van der Waals surface area contributed by atoms with Gasteiger partial charge < -0.3 is 14.8 Å². The van der Waals surface area contributed by atoms with Gasteiger partial charge in [0, 0.05) is 23.7 Å². The molecule has 1 amide bonds. The molecule has 0 aromatic heterocycles. The number of esters is 1. The van der Waals surface area contributed by atoms with Gasteiger partial charge in [-0.05, 0) is 36.4 Å². The Balaban J connectivity index is 1.84. The minimum atomic E-state index is -3.59. The molecule has 0 bridgehead atoms. The van der Waals surface area contributed by atoms with Crippen molar-refractivity contribution in [3.05, 3.63) is 53.1 Å². The van der Waals surface area contributed by atoms with Gasteiger partial charge in [-0.1, -0.05) is 17.7 Å². The number of hydrogen-bond donors (Lipinski definition) is 1. The zero-order valence-electron chi connectivity index (χ0n) is 15.7. The maximum absolute atomic E-state index is 12.8. The molecule has 154 valence electrons. The summed E-state index contributed by atoms with van der Waals surface area (Å²) in [4.78, 5) is 24.4. The van der Waals surface area contributed by atoms with Crippen LogP contribution >= 0.6 is 11.6 Å². The number of nitrogens with one attached hydrogen (secondary N) is 1. The lowest BCUT2D eigenvalue weighted by atomic mass is 10.2. The van der Waals surface area contributed by atoms with Crippen LogP contribution in [0.5, 0.6) is 5.75 Å². The van der Waals surface area contributed by atoms with Gasteiger partial charge in [0.1, 0.15) is 5.75 Å². The molecule has 2 aromatic rings. The molecule has 1 N–H and O–H groups in total. The third-order valence-electron chi connectivity index (χ3n) is 4.30. The summed E-state index contributed by atoms with van der Waals surface area (Å²) in [7, 11) is -2.33. The first-order chi connectivity index (χ1) is 13.7. The standard InChI is InChI=1S/C19H19ClN2O6S/c1-27-19(24)12-4-3-5-14(10-12)21-18(23)17-8-9-22(29(2,25)26)15-11-13(20)6-7-16(15)28-17/h3-7,10-11,17H,8-9H2,1-2H3,(H,21,23)/t17-/m1/s1. The van der Waals surface area contributed by atoms with E-state index < -0.39 is 28.0 Å². The number of hydrogen-bond acceptors (Lipinski definition) is 6. The Morgan fingerprint density at radius 3 is 2.69 bits per heavy atom. The van der Waals surface area contributed by atoms with E-state index in [1.165, 1.54) is 29.6 Å². The number of benzene rings is 2. The van der Waals surface area contributed by atoms with Crippen LogP contribution in [0.1, 0.15) is 16.8 Å². The van der Waals surface area contributed by atoms with Gasteiger partial charge in [-0.15, -0.1) is 0 Å². The minimum Gasteiger partial charge on any atom is -0.478 e. The summed E-state index contributed by atoms with van der Waals surface area (Å²) in [6, 6.07) is 10.8. The van der Waals surface area contributed by atoms with E-state index in [0.717, 1.165) is 6.26 Å². The number of carbonyl (C=O) groups excluding carboxylic acids is 2. The van der Waals surface area contributed by atoms with E-state index >= 15 is 0 Å². The lowest BCUT2D eigenvalue weighted by molar-refractivity contribution is -0.122. The molecule has 0 fully saturated rings. The molecule has 1 aliphatic rings. The van der Waals surface area contributed by atoms with Crippen molar-refractivity contribution in [1.82, 2.24) is 0 Å². The van der Waals surface area contributed by atoms with Gasteiger partial charge in [0.2, 0.25) is 10.0 Å². The highest BCUT2D eigenvalue weighted by Gasteiger charge is 2.31. The Morgan fingerprint density at radius 1 is 1.24 bits per heavy atom. The van der Waals surface area contributed by atoms with Gasteiger partial charge in [0.25, 0.3) is 5.91 Å². The second-order valence-corrected chi connectivity index (χ2v) is 8.75. The molecular formula is C19H19ClN2O6S.